The molecule has 30 heavy (non-hydrogen) atoms. The molecular weight excluding hydrogens is 374 g/mol. The van der Waals surface area contributed by atoms with Gasteiger partial charge in [-0.1, -0.05) is 12.1 Å². The van der Waals surface area contributed by atoms with Crippen molar-refractivity contribution in [2.45, 2.75) is 44.8 Å². The minimum Gasteiger partial charge on any atom is -0.491 e. The SMILES string of the molecule is CC(C)Oc1ccc(N(C)CC2(O)CCN(CCc3ccc(C#N)cc3)CC2)cc1. The van der Waals surface area contributed by atoms with E-state index in [1.807, 2.05) is 69.4 Å². The van der Waals surface area contributed by atoms with Crippen molar-refractivity contribution in [2.24, 2.45) is 0 Å². The van der Waals surface area contributed by atoms with Crippen LogP contribution in [0, 0.1) is 11.3 Å². The molecule has 2 aromatic rings. The maximum Gasteiger partial charge on any atom is 0.119 e. The Bertz CT molecular complexity index is 832. The van der Waals surface area contributed by atoms with Crippen LogP contribution in [0.25, 0.3) is 0 Å². The van der Waals surface area contributed by atoms with Gasteiger partial charge in [0.05, 0.1) is 23.3 Å². The van der Waals surface area contributed by atoms with Gasteiger partial charge in [0.25, 0.3) is 0 Å². The lowest BCUT2D eigenvalue weighted by atomic mass is 9.90. The van der Waals surface area contributed by atoms with Crippen LogP contribution in [0.1, 0.15) is 37.8 Å². The van der Waals surface area contributed by atoms with E-state index >= 15 is 0 Å². The number of likely N-dealkylation sites (tertiary alicyclic amines) is 1. The summed E-state index contributed by atoms with van der Waals surface area (Å²) in [6, 6.07) is 18.1. The topological polar surface area (TPSA) is 59.7 Å². The number of hydrogen-bond acceptors (Lipinski definition) is 5. The standard InChI is InChI=1S/C25H33N3O2/c1-20(2)30-24-10-8-23(9-11-24)27(3)19-25(29)13-16-28(17-14-25)15-12-21-4-6-22(18-26)7-5-21/h4-11,20,29H,12-17,19H2,1-3H3. The van der Waals surface area contributed by atoms with Crippen LogP contribution in [0.15, 0.2) is 48.5 Å². The average molecular weight is 408 g/mol. The fourth-order valence-corrected chi connectivity index (χ4v) is 3.97. The quantitative estimate of drug-likeness (QED) is 0.720. The van der Waals surface area contributed by atoms with Crippen molar-refractivity contribution in [3.05, 3.63) is 59.7 Å². The number of nitrogens with zero attached hydrogens (tertiary/aromatic N) is 3. The summed E-state index contributed by atoms with van der Waals surface area (Å²) in [5.41, 5.74) is 2.38. The Hall–Kier alpha value is -2.55. The predicted octanol–water partition coefficient (Wildman–Crippen LogP) is 3.85. The normalized spacial score (nSPS) is 16.3. The molecule has 0 bridgehead atoms. The molecule has 0 aromatic heterocycles. The molecule has 5 heteroatoms. The largest absolute Gasteiger partial charge is 0.491 e. The summed E-state index contributed by atoms with van der Waals surface area (Å²) < 4.78 is 5.71. The molecular formula is C25H33N3O2. The fourth-order valence-electron chi connectivity index (χ4n) is 3.97. The van der Waals surface area contributed by atoms with Crippen molar-refractivity contribution in [3.8, 4) is 11.8 Å². The first kappa shape index (κ1) is 22.1. The van der Waals surface area contributed by atoms with E-state index < -0.39 is 5.60 Å². The monoisotopic (exact) mass is 407 g/mol. The van der Waals surface area contributed by atoms with E-state index in [0.29, 0.717) is 12.1 Å². The van der Waals surface area contributed by atoms with E-state index in [1.54, 1.807) is 0 Å². The lowest BCUT2D eigenvalue weighted by Crippen LogP contribution is -2.50. The summed E-state index contributed by atoms with van der Waals surface area (Å²) >= 11 is 0. The Morgan fingerprint density at radius 3 is 2.30 bits per heavy atom. The molecule has 0 atom stereocenters. The second kappa shape index (κ2) is 9.97. The smallest absolute Gasteiger partial charge is 0.119 e. The summed E-state index contributed by atoms with van der Waals surface area (Å²) in [4.78, 5) is 4.55. The molecule has 0 aliphatic carbocycles. The second-order valence-corrected chi connectivity index (χ2v) is 8.64. The molecule has 0 radical (unpaired) electrons. The van der Waals surface area contributed by atoms with E-state index in [-0.39, 0.29) is 6.10 Å². The maximum atomic E-state index is 11.1. The van der Waals surface area contributed by atoms with E-state index in [4.69, 9.17) is 10.00 Å². The summed E-state index contributed by atoms with van der Waals surface area (Å²) in [5.74, 6) is 0.872. The first-order valence-corrected chi connectivity index (χ1v) is 10.8. The highest BCUT2D eigenvalue weighted by atomic mass is 16.5. The maximum absolute atomic E-state index is 11.1. The summed E-state index contributed by atoms with van der Waals surface area (Å²) in [7, 11) is 2.04. The average Bonchev–Trinajstić information content (AvgIpc) is 2.73. The second-order valence-electron chi connectivity index (χ2n) is 8.64. The molecule has 5 nitrogen and oxygen atoms in total. The summed E-state index contributed by atoms with van der Waals surface area (Å²) in [5, 5.41) is 20.0. The Morgan fingerprint density at radius 1 is 1.10 bits per heavy atom. The van der Waals surface area contributed by atoms with E-state index in [2.05, 4.69) is 15.9 Å². The van der Waals surface area contributed by atoms with Crippen molar-refractivity contribution < 1.29 is 9.84 Å². The highest BCUT2D eigenvalue weighted by Crippen LogP contribution is 2.26. The Balaban J connectivity index is 1.46. The van der Waals surface area contributed by atoms with E-state index in [1.165, 1.54) is 5.56 Å². The highest BCUT2D eigenvalue weighted by Gasteiger charge is 2.33. The third-order valence-electron chi connectivity index (χ3n) is 5.77. The van der Waals surface area contributed by atoms with Crippen molar-refractivity contribution in [1.82, 2.24) is 4.90 Å². The molecule has 3 rings (SSSR count). The molecule has 0 spiro atoms. The number of aliphatic hydroxyl groups is 1. The predicted molar refractivity (Wildman–Crippen MR) is 121 cm³/mol. The molecule has 1 saturated heterocycles. The van der Waals surface area contributed by atoms with Gasteiger partial charge in [0.1, 0.15) is 5.75 Å². The molecule has 0 saturated carbocycles. The van der Waals surface area contributed by atoms with Crippen LogP contribution < -0.4 is 9.64 Å². The third kappa shape index (κ3) is 6.22. The van der Waals surface area contributed by atoms with Crippen LogP contribution in [-0.4, -0.2) is 54.9 Å². The Kier molecular flexibility index (Phi) is 7.36. The van der Waals surface area contributed by atoms with Crippen molar-refractivity contribution in [2.75, 3.05) is 38.1 Å². The van der Waals surface area contributed by atoms with E-state index in [9.17, 15) is 5.11 Å². The van der Waals surface area contributed by atoms with Gasteiger partial charge in [0, 0.05) is 38.9 Å². The van der Waals surface area contributed by atoms with Gasteiger partial charge in [0.2, 0.25) is 0 Å². The zero-order chi connectivity index (χ0) is 21.6. The molecule has 0 unspecified atom stereocenters. The van der Waals surface area contributed by atoms with Gasteiger partial charge >= 0.3 is 0 Å². The molecule has 1 fully saturated rings. The number of rotatable bonds is 8. The molecule has 1 aliphatic rings. The molecule has 1 heterocycles. The van der Waals surface area contributed by atoms with E-state index in [0.717, 1.165) is 50.3 Å². The molecule has 1 aliphatic heterocycles. The van der Waals surface area contributed by atoms with Crippen LogP contribution in [0.2, 0.25) is 0 Å². The number of anilines is 1. The first-order chi connectivity index (χ1) is 14.4. The van der Waals surface area contributed by atoms with Crippen LogP contribution in [0.3, 0.4) is 0 Å². The lowest BCUT2D eigenvalue weighted by molar-refractivity contribution is -0.0137. The number of nitriles is 1. The lowest BCUT2D eigenvalue weighted by Gasteiger charge is -2.40. The van der Waals surface area contributed by atoms with Crippen molar-refractivity contribution in [1.29, 1.82) is 5.26 Å². The minimum atomic E-state index is -0.660. The highest BCUT2D eigenvalue weighted by molar-refractivity contribution is 5.48. The number of piperidine rings is 1. The van der Waals surface area contributed by atoms with Gasteiger partial charge in [-0.15, -0.1) is 0 Å². The minimum absolute atomic E-state index is 0.163. The van der Waals surface area contributed by atoms with Crippen LogP contribution >= 0.6 is 0 Å². The van der Waals surface area contributed by atoms with Crippen LogP contribution in [-0.2, 0) is 6.42 Å². The van der Waals surface area contributed by atoms with Crippen LogP contribution in [0.4, 0.5) is 5.69 Å². The van der Waals surface area contributed by atoms with Crippen molar-refractivity contribution >= 4 is 5.69 Å². The summed E-state index contributed by atoms with van der Waals surface area (Å²) in [6.45, 7) is 7.46. The zero-order valence-corrected chi connectivity index (χ0v) is 18.3. The number of benzene rings is 2. The zero-order valence-electron chi connectivity index (χ0n) is 18.3. The van der Waals surface area contributed by atoms with Gasteiger partial charge in [-0.3, -0.25) is 0 Å². The van der Waals surface area contributed by atoms with Gasteiger partial charge in [-0.25, -0.2) is 0 Å². The summed E-state index contributed by atoms with van der Waals surface area (Å²) in [6.07, 6.45) is 2.68. The number of ether oxygens (including phenoxy) is 1. The molecule has 2 aromatic carbocycles. The van der Waals surface area contributed by atoms with Crippen LogP contribution in [0.5, 0.6) is 5.75 Å². The van der Waals surface area contributed by atoms with Gasteiger partial charge in [-0.05, 0) is 75.1 Å². The fraction of sp³-hybridized carbons (Fsp3) is 0.480. The van der Waals surface area contributed by atoms with Crippen molar-refractivity contribution in [3.63, 3.8) is 0 Å². The molecule has 160 valence electrons. The Morgan fingerprint density at radius 2 is 1.73 bits per heavy atom. The molecule has 0 amide bonds. The van der Waals surface area contributed by atoms with Gasteiger partial charge in [-0.2, -0.15) is 5.26 Å². The van der Waals surface area contributed by atoms with Gasteiger partial charge in [0.15, 0.2) is 0 Å². The molecule has 1 N–H and O–H groups in total. The van der Waals surface area contributed by atoms with Gasteiger partial charge < -0.3 is 19.6 Å². The Labute approximate surface area is 180 Å². The number of hydrogen-bond donors (Lipinski definition) is 1. The number of likely N-dealkylation sites (N-methyl/N-ethyl adjacent to an activating group) is 1. The third-order valence-corrected chi connectivity index (χ3v) is 5.77. The first-order valence-electron chi connectivity index (χ1n) is 10.8.